The third-order valence-corrected chi connectivity index (χ3v) is 1.64. The Hall–Kier alpha value is -1.34. The third kappa shape index (κ3) is 14.7. The zero-order valence-corrected chi connectivity index (χ0v) is 9.71. The van der Waals surface area contributed by atoms with Gasteiger partial charge in [-0.1, -0.05) is 5.11 Å². The highest BCUT2D eigenvalue weighted by Gasteiger charge is 1.94. The maximum absolute atomic E-state index is 10.3. The van der Waals surface area contributed by atoms with Crippen LogP contribution in [0.25, 0.3) is 10.4 Å². The Morgan fingerprint density at radius 1 is 1.06 bits per heavy atom. The molecule has 0 rings (SSSR count). The summed E-state index contributed by atoms with van der Waals surface area (Å²) in [6.45, 7) is 2.80. The van der Waals surface area contributed by atoms with Crippen LogP contribution in [0.1, 0.15) is 6.42 Å². The zero-order valence-electron chi connectivity index (χ0n) is 9.71. The van der Waals surface area contributed by atoms with E-state index in [9.17, 15) is 4.79 Å². The lowest BCUT2D eigenvalue weighted by molar-refractivity contribution is -0.119. The fourth-order valence-corrected chi connectivity index (χ4v) is 0.865. The lowest BCUT2D eigenvalue weighted by Crippen LogP contribution is -2.15. The highest BCUT2D eigenvalue weighted by Crippen LogP contribution is 1.84. The highest BCUT2D eigenvalue weighted by molar-refractivity contribution is 5.73. The van der Waals surface area contributed by atoms with Gasteiger partial charge in [-0.3, -0.25) is 4.79 Å². The van der Waals surface area contributed by atoms with Crippen LogP contribution in [-0.4, -0.2) is 52.1 Å². The molecule has 17 heavy (non-hydrogen) atoms. The average Bonchev–Trinajstić information content (AvgIpc) is 2.30. The number of azide groups is 1. The summed E-state index contributed by atoms with van der Waals surface area (Å²) in [5.74, 6) is -0.376. The molecule has 0 aromatic heterocycles. The van der Waals surface area contributed by atoms with E-state index >= 15 is 0 Å². The fourth-order valence-electron chi connectivity index (χ4n) is 0.865. The minimum atomic E-state index is -0.376. The van der Waals surface area contributed by atoms with E-state index in [-0.39, 0.29) is 12.3 Å². The Labute approximate surface area is 99.6 Å². The van der Waals surface area contributed by atoms with Crippen LogP contribution < -0.4 is 5.73 Å². The summed E-state index contributed by atoms with van der Waals surface area (Å²) < 4.78 is 15.4. The van der Waals surface area contributed by atoms with Gasteiger partial charge >= 0.3 is 0 Å². The summed E-state index contributed by atoms with van der Waals surface area (Å²) in [5.41, 5.74) is 12.9. The summed E-state index contributed by atoms with van der Waals surface area (Å²) in [4.78, 5) is 12.9. The standard InChI is InChI=1S/C9H18N4O4/c10-9(14)1-3-15-5-7-17-8-6-16-4-2-12-13-11/h1-8H2,(H2,10,14). The number of hydrogen-bond acceptors (Lipinski definition) is 5. The van der Waals surface area contributed by atoms with Crippen molar-refractivity contribution in [1.82, 2.24) is 0 Å². The van der Waals surface area contributed by atoms with Crippen LogP contribution in [0.3, 0.4) is 0 Å². The van der Waals surface area contributed by atoms with Gasteiger partial charge in [-0.2, -0.15) is 0 Å². The predicted octanol–water partition coefficient (Wildman–Crippen LogP) is 0.222. The van der Waals surface area contributed by atoms with Gasteiger partial charge in [0.05, 0.1) is 39.6 Å². The molecule has 0 aliphatic rings. The van der Waals surface area contributed by atoms with E-state index < -0.39 is 0 Å². The molecule has 0 atom stereocenters. The molecule has 0 fully saturated rings. The van der Waals surface area contributed by atoms with Crippen molar-refractivity contribution in [2.45, 2.75) is 6.42 Å². The summed E-state index contributed by atoms with van der Waals surface area (Å²) in [6, 6.07) is 0. The van der Waals surface area contributed by atoms with E-state index in [2.05, 4.69) is 10.0 Å². The number of primary amides is 1. The van der Waals surface area contributed by atoms with Crippen LogP contribution in [0, 0.1) is 0 Å². The molecule has 0 saturated heterocycles. The SMILES string of the molecule is [N-]=[N+]=NCCOCCOCCOCCC(N)=O. The predicted molar refractivity (Wildman–Crippen MR) is 60.3 cm³/mol. The van der Waals surface area contributed by atoms with Gasteiger partial charge in [0.2, 0.25) is 5.91 Å². The largest absolute Gasteiger partial charge is 0.379 e. The van der Waals surface area contributed by atoms with Crippen LogP contribution in [0.4, 0.5) is 0 Å². The second-order valence-corrected chi connectivity index (χ2v) is 3.01. The first-order valence-electron chi connectivity index (χ1n) is 5.29. The van der Waals surface area contributed by atoms with Crippen molar-refractivity contribution in [1.29, 1.82) is 0 Å². The number of rotatable bonds is 12. The van der Waals surface area contributed by atoms with Crippen molar-refractivity contribution in [3.05, 3.63) is 10.4 Å². The average molecular weight is 246 g/mol. The molecule has 98 valence electrons. The minimum Gasteiger partial charge on any atom is -0.379 e. The van der Waals surface area contributed by atoms with Gasteiger partial charge in [0.25, 0.3) is 0 Å². The van der Waals surface area contributed by atoms with Gasteiger partial charge in [-0.15, -0.1) is 0 Å². The van der Waals surface area contributed by atoms with Gasteiger partial charge < -0.3 is 19.9 Å². The fraction of sp³-hybridized carbons (Fsp3) is 0.889. The molecular formula is C9H18N4O4. The van der Waals surface area contributed by atoms with Gasteiger partial charge in [0.1, 0.15) is 0 Å². The molecule has 0 heterocycles. The molecule has 0 radical (unpaired) electrons. The maximum Gasteiger partial charge on any atom is 0.219 e. The molecule has 0 aromatic carbocycles. The Morgan fingerprint density at radius 2 is 1.59 bits per heavy atom. The maximum atomic E-state index is 10.3. The third-order valence-electron chi connectivity index (χ3n) is 1.64. The second-order valence-electron chi connectivity index (χ2n) is 3.01. The minimum absolute atomic E-state index is 0.225. The summed E-state index contributed by atoms with van der Waals surface area (Å²) in [7, 11) is 0. The summed E-state index contributed by atoms with van der Waals surface area (Å²) in [6.07, 6.45) is 0.225. The molecule has 2 N–H and O–H groups in total. The number of ether oxygens (including phenoxy) is 3. The molecule has 0 unspecified atom stereocenters. The number of carbonyl (C=O) groups is 1. The summed E-state index contributed by atoms with van der Waals surface area (Å²) in [5, 5.41) is 3.31. The van der Waals surface area contributed by atoms with Gasteiger partial charge in [-0.25, -0.2) is 0 Å². The molecule has 0 bridgehead atoms. The smallest absolute Gasteiger partial charge is 0.219 e. The van der Waals surface area contributed by atoms with Gasteiger partial charge in [0.15, 0.2) is 0 Å². The Bertz CT molecular complexity index is 233. The molecule has 0 aliphatic heterocycles. The number of amides is 1. The number of nitrogens with two attached hydrogens (primary N) is 1. The molecule has 8 nitrogen and oxygen atoms in total. The van der Waals surface area contributed by atoms with Crippen LogP contribution in [0.2, 0.25) is 0 Å². The van der Waals surface area contributed by atoms with Gasteiger partial charge in [-0.05, 0) is 5.53 Å². The normalized spacial score (nSPS) is 9.88. The van der Waals surface area contributed by atoms with E-state index in [1.54, 1.807) is 0 Å². The molecule has 8 heteroatoms. The molecule has 0 saturated carbocycles. The summed E-state index contributed by atoms with van der Waals surface area (Å²) >= 11 is 0. The van der Waals surface area contributed by atoms with E-state index in [1.165, 1.54) is 0 Å². The van der Waals surface area contributed by atoms with Crippen molar-refractivity contribution in [2.75, 3.05) is 46.2 Å². The molecule has 1 amide bonds. The Balaban J connectivity index is 2.98. The molecule has 0 aliphatic carbocycles. The topological polar surface area (TPSA) is 120 Å². The van der Waals surface area contributed by atoms with Crippen molar-refractivity contribution >= 4 is 5.91 Å². The van der Waals surface area contributed by atoms with E-state index in [0.29, 0.717) is 46.2 Å². The monoisotopic (exact) mass is 246 g/mol. The number of hydrogen-bond donors (Lipinski definition) is 1. The van der Waals surface area contributed by atoms with E-state index in [4.69, 9.17) is 25.5 Å². The van der Waals surface area contributed by atoms with Gasteiger partial charge in [0, 0.05) is 17.9 Å². The lowest BCUT2D eigenvalue weighted by Gasteiger charge is -2.05. The molecular weight excluding hydrogens is 228 g/mol. The van der Waals surface area contributed by atoms with Crippen LogP contribution in [0.15, 0.2) is 5.11 Å². The van der Waals surface area contributed by atoms with Crippen LogP contribution >= 0.6 is 0 Å². The highest BCUT2D eigenvalue weighted by atomic mass is 16.5. The van der Waals surface area contributed by atoms with Crippen LogP contribution in [-0.2, 0) is 19.0 Å². The second kappa shape index (κ2) is 12.7. The van der Waals surface area contributed by atoms with E-state index in [1.807, 2.05) is 0 Å². The number of nitrogens with zero attached hydrogens (tertiary/aromatic N) is 3. The quantitative estimate of drug-likeness (QED) is 0.229. The molecule has 0 spiro atoms. The Kier molecular flexibility index (Phi) is 11.7. The first-order valence-corrected chi connectivity index (χ1v) is 5.29. The van der Waals surface area contributed by atoms with E-state index in [0.717, 1.165) is 0 Å². The molecule has 0 aromatic rings. The Morgan fingerprint density at radius 3 is 2.12 bits per heavy atom. The van der Waals surface area contributed by atoms with Crippen molar-refractivity contribution in [3.8, 4) is 0 Å². The van der Waals surface area contributed by atoms with Crippen molar-refractivity contribution < 1.29 is 19.0 Å². The first-order chi connectivity index (χ1) is 8.27. The van der Waals surface area contributed by atoms with Crippen LogP contribution in [0.5, 0.6) is 0 Å². The zero-order chi connectivity index (χ0) is 12.8. The van der Waals surface area contributed by atoms with Crippen molar-refractivity contribution in [3.63, 3.8) is 0 Å². The first kappa shape index (κ1) is 15.7. The lowest BCUT2D eigenvalue weighted by atomic mass is 10.4. The van der Waals surface area contributed by atoms with Crippen molar-refractivity contribution in [2.24, 2.45) is 10.8 Å². The number of carbonyl (C=O) groups excluding carboxylic acids is 1.